The number of benzene rings is 1. The van der Waals surface area contributed by atoms with Crippen LogP contribution in [0, 0.1) is 11.3 Å². The fraction of sp³-hybridized carbons (Fsp3) is 0.333. The molecule has 0 spiro atoms. The molecule has 0 saturated carbocycles. The fourth-order valence-electron chi connectivity index (χ4n) is 1.36. The minimum atomic E-state index is -0.238. The summed E-state index contributed by atoms with van der Waals surface area (Å²) >= 11 is 0. The van der Waals surface area contributed by atoms with E-state index in [4.69, 9.17) is 10.00 Å². The Bertz CT molecular complexity index is 452. The van der Waals surface area contributed by atoms with E-state index in [1.165, 1.54) is 24.1 Å². The molecule has 0 fully saturated rings. The summed E-state index contributed by atoms with van der Waals surface area (Å²) in [6, 6.07) is 6.42. The van der Waals surface area contributed by atoms with E-state index >= 15 is 0 Å². The maximum atomic E-state index is 11.9. The average molecular weight is 234 g/mol. The van der Waals surface area contributed by atoms with Crippen molar-refractivity contribution in [3.8, 4) is 17.6 Å². The van der Waals surface area contributed by atoms with Gasteiger partial charge in [-0.05, 0) is 18.2 Å². The number of amides is 1. The van der Waals surface area contributed by atoms with E-state index in [9.17, 15) is 9.90 Å². The quantitative estimate of drug-likeness (QED) is 0.854. The first-order chi connectivity index (χ1) is 8.10. The molecule has 0 heterocycles. The van der Waals surface area contributed by atoms with Crippen LogP contribution in [-0.2, 0) is 0 Å². The normalized spacial score (nSPS) is 9.47. The summed E-state index contributed by atoms with van der Waals surface area (Å²) in [4.78, 5) is 13.3. The SMILES string of the molecule is COc1ccc(C(=O)N(C)CCC#N)cc1O. The molecule has 0 atom stereocenters. The minimum absolute atomic E-state index is 0.0768. The highest BCUT2D eigenvalue weighted by Gasteiger charge is 2.13. The van der Waals surface area contributed by atoms with Crippen LogP contribution in [0.15, 0.2) is 18.2 Å². The van der Waals surface area contributed by atoms with Gasteiger partial charge in [-0.15, -0.1) is 0 Å². The number of phenols is 1. The van der Waals surface area contributed by atoms with Crippen molar-refractivity contribution in [2.75, 3.05) is 20.7 Å². The van der Waals surface area contributed by atoms with Crippen LogP contribution in [0.3, 0.4) is 0 Å². The second kappa shape index (κ2) is 5.75. The Hall–Kier alpha value is -2.22. The number of hydrogen-bond donors (Lipinski definition) is 1. The molecular formula is C12H14N2O3. The van der Waals surface area contributed by atoms with Crippen LogP contribution in [0.25, 0.3) is 0 Å². The van der Waals surface area contributed by atoms with Crippen LogP contribution in [0.4, 0.5) is 0 Å². The molecule has 0 bridgehead atoms. The van der Waals surface area contributed by atoms with Crippen molar-refractivity contribution in [1.29, 1.82) is 5.26 Å². The van der Waals surface area contributed by atoms with Crippen LogP contribution < -0.4 is 4.74 Å². The number of rotatable bonds is 4. The lowest BCUT2D eigenvalue weighted by molar-refractivity contribution is 0.0797. The van der Waals surface area contributed by atoms with Gasteiger partial charge in [-0.3, -0.25) is 4.79 Å². The number of nitrogens with zero attached hydrogens (tertiary/aromatic N) is 2. The lowest BCUT2D eigenvalue weighted by Crippen LogP contribution is -2.27. The number of ether oxygens (including phenoxy) is 1. The molecule has 5 heteroatoms. The van der Waals surface area contributed by atoms with Crippen molar-refractivity contribution in [3.05, 3.63) is 23.8 Å². The van der Waals surface area contributed by atoms with Crippen molar-refractivity contribution in [2.45, 2.75) is 6.42 Å². The Labute approximate surface area is 99.8 Å². The van der Waals surface area contributed by atoms with Crippen molar-refractivity contribution >= 4 is 5.91 Å². The molecule has 0 saturated heterocycles. The van der Waals surface area contributed by atoms with Crippen LogP contribution in [-0.4, -0.2) is 36.6 Å². The molecule has 0 aliphatic rings. The molecule has 5 nitrogen and oxygen atoms in total. The van der Waals surface area contributed by atoms with Gasteiger partial charge in [0.05, 0.1) is 19.6 Å². The van der Waals surface area contributed by atoms with Crippen molar-refractivity contribution in [1.82, 2.24) is 4.90 Å². The third-order valence-electron chi connectivity index (χ3n) is 2.33. The molecule has 0 aliphatic carbocycles. The first kappa shape index (κ1) is 12.8. The molecule has 0 radical (unpaired) electrons. The number of phenolic OH excluding ortho intramolecular Hbond substituents is 1. The van der Waals surface area contributed by atoms with Crippen molar-refractivity contribution < 1.29 is 14.6 Å². The molecule has 90 valence electrons. The number of nitriles is 1. The molecule has 1 rings (SSSR count). The Morgan fingerprint density at radius 2 is 2.29 bits per heavy atom. The average Bonchev–Trinajstić information content (AvgIpc) is 2.34. The summed E-state index contributed by atoms with van der Waals surface area (Å²) in [5.41, 5.74) is 0.365. The van der Waals surface area contributed by atoms with E-state index in [1.54, 1.807) is 13.1 Å². The van der Waals surface area contributed by atoms with Gasteiger partial charge in [-0.25, -0.2) is 0 Å². The van der Waals surface area contributed by atoms with Gasteiger partial charge in [0.25, 0.3) is 5.91 Å². The molecule has 17 heavy (non-hydrogen) atoms. The largest absolute Gasteiger partial charge is 0.504 e. The van der Waals surface area contributed by atoms with E-state index in [1.807, 2.05) is 6.07 Å². The predicted molar refractivity (Wildman–Crippen MR) is 61.8 cm³/mol. The molecule has 0 unspecified atom stereocenters. The first-order valence-corrected chi connectivity index (χ1v) is 5.09. The zero-order valence-electron chi connectivity index (χ0n) is 9.80. The second-order valence-corrected chi connectivity index (χ2v) is 3.52. The lowest BCUT2D eigenvalue weighted by atomic mass is 10.1. The van der Waals surface area contributed by atoms with Gasteiger partial charge in [-0.1, -0.05) is 0 Å². The number of carbonyl (C=O) groups is 1. The molecule has 1 aromatic carbocycles. The minimum Gasteiger partial charge on any atom is -0.504 e. The molecule has 1 amide bonds. The number of aromatic hydroxyl groups is 1. The highest BCUT2D eigenvalue weighted by molar-refractivity contribution is 5.94. The summed E-state index contributed by atoms with van der Waals surface area (Å²) in [5.74, 6) is 0.00599. The highest BCUT2D eigenvalue weighted by Crippen LogP contribution is 2.26. The molecule has 0 aromatic heterocycles. The fourth-order valence-corrected chi connectivity index (χ4v) is 1.36. The topological polar surface area (TPSA) is 73.6 Å². The molecular weight excluding hydrogens is 220 g/mol. The predicted octanol–water partition coefficient (Wildman–Crippen LogP) is 1.39. The number of methoxy groups -OCH3 is 1. The maximum Gasteiger partial charge on any atom is 0.253 e. The summed E-state index contributed by atoms with van der Waals surface area (Å²) in [6.07, 6.45) is 0.282. The van der Waals surface area contributed by atoms with Crippen LogP contribution >= 0.6 is 0 Å². The third kappa shape index (κ3) is 3.11. The molecule has 1 N–H and O–H groups in total. The van der Waals surface area contributed by atoms with E-state index in [2.05, 4.69) is 0 Å². The van der Waals surface area contributed by atoms with Crippen LogP contribution in [0.5, 0.6) is 11.5 Å². The van der Waals surface area contributed by atoms with E-state index in [-0.39, 0.29) is 18.1 Å². The Morgan fingerprint density at radius 3 is 2.82 bits per heavy atom. The van der Waals surface area contributed by atoms with Gasteiger partial charge < -0.3 is 14.7 Å². The first-order valence-electron chi connectivity index (χ1n) is 5.09. The summed E-state index contributed by atoms with van der Waals surface area (Å²) < 4.78 is 4.89. The Balaban J connectivity index is 2.83. The van der Waals surface area contributed by atoms with Gasteiger partial charge in [0.15, 0.2) is 11.5 Å². The van der Waals surface area contributed by atoms with E-state index < -0.39 is 0 Å². The second-order valence-electron chi connectivity index (χ2n) is 3.52. The van der Waals surface area contributed by atoms with Crippen LogP contribution in [0.1, 0.15) is 16.8 Å². The smallest absolute Gasteiger partial charge is 0.253 e. The van der Waals surface area contributed by atoms with Gasteiger partial charge in [0.2, 0.25) is 0 Å². The summed E-state index contributed by atoms with van der Waals surface area (Å²) in [6.45, 7) is 0.363. The Morgan fingerprint density at radius 1 is 1.59 bits per heavy atom. The zero-order chi connectivity index (χ0) is 12.8. The van der Waals surface area contributed by atoms with Crippen molar-refractivity contribution in [3.63, 3.8) is 0 Å². The molecule has 1 aromatic rings. The van der Waals surface area contributed by atoms with Gasteiger partial charge in [-0.2, -0.15) is 5.26 Å². The zero-order valence-corrected chi connectivity index (χ0v) is 9.80. The summed E-state index contributed by atoms with van der Waals surface area (Å²) in [7, 11) is 3.05. The van der Waals surface area contributed by atoms with Gasteiger partial charge in [0, 0.05) is 19.2 Å². The Kier molecular flexibility index (Phi) is 4.35. The van der Waals surface area contributed by atoms with Gasteiger partial charge >= 0.3 is 0 Å². The van der Waals surface area contributed by atoms with E-state index in [0.29, 0.717) is 17.9 Å². The number of hydrogen-bond acceptors (Lipinski definition) is 4. The molecule has 0 aliphatic heterocycles. The maximum absolute atomic E-state index is 11.9. The van der Waals surface area contributed by atoms with Crippen LogP contribution in [0.2, 0.25) is 0 Å². The van der Waals surface area contributed by atoms with E-state index in [0.717, 1.165) is 0 Å². The highest BCUT2D eigenvalue weighted by atomic mass is 16.5. The monoisotopic (exact) mass is 234 g/mol. The lowest BCUT2D eigenvalue weighted by Gasteiger charge is -2.15. The van der Waals surface area contributed by atoms with Gasteiger partial charge in [0.1, 0.15) is 0 Å². The standard InChI is InChI=1S/C12H14N2O3/c1-14(7-3-6-13)12(16)9-4-5-11(17-2)10(15)8-9/h4-5,8,15H,3,7H2,1-2H3. The summed E-state index contributed by atoms with van der Waals surface area (Å²) in [5, 5.41) is 18.0. The van der Waals surface area contributed by atoms with Crippen molar-refractivity contribution in [2.24, 2.45) is 0 Å². The third-order valence-corrected chi connectivity index (χ3v) is 2.33. The number of carbonyl (C=O) groups excluding carboxylic acids is 1.